The molecule has 2 aromatic carbocycles. The molecule has 1 heterocycles. The van der Waals surface area contributed by atoms with E-state index in [1.165, 1.54) is 6.07 Å². The molecule has 0 aliphatic heterocycles. The Morgan fingerprint density at radius 3 is 2.70 bits per heavy atom. The first-order valence-electron chi connectivity index (χ1n) is 6.63. The van der Waals surface area contributed by atoms with E-state index in [1.807, 2.05) is 42.7 Å². The van der Waals surface area contributed by atoms with Gasteiger partial charge >= 0.3 is 0 Å². The molecule has 0 radical (unpaired) electrons. The van der Waals surface area contributed by atoms with Crippen molar-refractivity contribution in [3.8, 4) is 5.69 Å². The number of nitrogens with two attached hydrogens (primary N) is 1. The molecule has 0 bridgehead atoms. The summed E-state index contributed by atoms with van der Waals surface area (Å²) in [4.78, 5) is 4.55. The van der Waals surface area contributed by atoms with Crippen molar-refractivity contribution < 1.29 is 4.39 Å². The van der Waals surface area contributed by atoms with Crippen molar-refractivity contribution in [1.82, 2.24) is 9.55 Å². The van der Waals surface area contributed by atoms with Crippen LogP contribution in [0.1, 0.15) is 18.3 Å². The summed E-state index contributed by atoms with van der Waals surface area (Å²) in [7, 11) is 0. The molecule has 0 amide bonds. The van der Waals surface area contributed by atoms with Gasteiger partial charge in [-0.15, -0.1) is 0 Å². The Balaban J connectivity index is 2.34. The zero-order valence-corrected chi connectivity index (χ0v) is 11.5. The van der Waals surface area contributed by atoms with E-state index in [4.69, 9.17) is 5.73 Å². The minimum atomic E-state index is -0.240. The molecule has 3 nitrogen and oxygen atoms in total. The van der Waals surface area contributed by atoms with E-state index in [0.29, 0.717) is 11.4 Å². The van der Waals surface area contributed by atoms with Gasteiger partial charge < -0.3 is 5.73 Å². The van der Waals surface area contributed by atoms with Gasteiger partial charge in [-0.25, -0.2) is 9.37 Å². The standard InChI is InChI=1S/C16H16FN3/c1-3-16-19-13-9-11(18)5-7-15(13)20(16)14-6-4-10(2)8-12(14)17/h4-9H,3,18H2,1-2H3. The molecule has 0 saturated carbocycles. The molecular formula is C16H16FN3. The Bertz CT molecular complexity index is 790. The number of halogens is 1. The average Bonchev–Trinajstić information content (AvgIpc) is 2.76. The first-order valence-corrected chi connectivity index (χ1v) is 6.63. The summed E-state index contributed by atoms with van der Waals surface area (Å²) in [6.45, 7) is 3.88. The quantitative estimate of drug-likeness (QED) is 0.722. The van der Waals surface area contributed by atoms with Crippen molar-refractivity contribution in [3.05, 3.63) is 53.6 Å². The number of hydrogen-bond donors (Lipinski definition) is 1. The number of aryl methyl sites for hydroxylation is 2. The van der Waals surface area contributed by atoms with Crippen LogP contribution in [-0.4, -0.2) is 9.55 Å². The van der Waals surface area contributed by atoms with Gasteiger partial charge in [0.1, 0.15) is 11.6 Å². The van der Waals surface area contributed by atoms with Crippen molar-refractivity contribution in [1.29, 1.82) is 0 Å². The largest absolute Gasteiger partial charge is 0.399 e. The van der Waals surface area contributed by atoms with Crippen LogP contribution in [0.15, 0.2) is 36.4 Å². The normalized spacial score (nSPS) is 11.2. The Labute approximate surface area is 116 Å². The van der Waals surface area contributed by atoms with Gasteiger partial charge in [0.25, 0.3) is 0 Å². The predicted octanol–water partition coefficient (Wildman–Crippen LogP) is 3.62. The number of benzene rings is 2. The number of anilines is 1. The highest BCUT2D eigenvalue weighted by Gasteiger charge is 2.14. The van der Waals surface area contributed by atoms with E-state index in [0.717, 1.165) is 28.8 Å². The summed E-state index contributed by atoms with van der Waals surface area (Å²) in [5, 5.41) is 0. The molecule has 3 aromatic rings. The van der Waals surface area contributed by atoms with E-state index in [1.54, 1.807) is 6.07 Å². The zero-order valence-electron chi connectivity index (χ0n) is 11.5. The Kier molecular flexibility index (Phi) is 2.93. The van der Waals surface area contributed by atoms with E-state index in [2.05, 4.69) is 4.98 Å². The van der Waals surface area contributed by atoms with Crippen molar-refractivity contribution in [2.45, 2.75) is 20.3 Å². The summed E-state index contributed by atoms with van der Waals surface area (Å²) in [5.74, 6) is 0.587. The third-order valence-corrected chi connectivity index (χ3v) is 3.41. The Hall–Kier alpha value is -2.36. The van der Waals surface area contributed by atoms with Crippen LogP contribution in [0, 0.1) is 12.7 Å². The van der Waals surface area contributed by atoms with Crippen molar-refractivity contribution in [2.24, 2.45) is 0 Å². The van der Waals surface area contributed by atoms with Gasteiger partial charge in [0, 0.05) is 12.1 Å². The molecule has 0 spiro atoms. The summed E-state index contributed by atoms with van der Waals surface area (Å²) >= 11 is 0. The summed E-state index contributed by atoms with van der Waals surface area (Å²) in [6, 6.07) is 10.7. The smallest absolute Gasteiger partial charge is 0.147 e. The highest BCUT2D eigenvalue weighted by molar-refractivity contribution is 5.81. The van der Waals surface area contributed by atoms with Crippen molar-refractivity contribution >= 4 is 16.7 Å². The van der Waals surface area contributed by atoms with Crippen molar-refractivity contribution in [3.63, 3.8) is 0 Å². The fraction of sp³-hybridized carbons (Fsp3) is 0.188. The summed E-state index contributed by atoms with van der Waals surface area (Å²) in [5.41, 5.74) is 9.55. The van der Waals surface area contributed by atoms with Gasteiger partial charge in [-0.2, -0.15) is 0 Å². The number of aromatic nitrogens is 2. The molecule has 102 valence electrons. The number of nitrogen functional groups attached to an aromatic ring is 1. The van der Waals surface area contributed by atoms with Gasteiger partial charge in [0.15, 0.2) is 0 Å². The molecule has 0 aliphatic rings. The fourth-order valence-corrected chi connectivity index (χ4v) is 2.45. The molecule has 0 fully saturated rings. The summed E-state index contributed by atoms with van der Waals surface area (Å²) < 4.78 is 16.1. The van der Waals surface area contributed by atoms with Crippen LogP contribution in [0.2, 0.25) is 0 Å². The average molecular weight is 269 g/mol. The fourth-order valence-electron chi connectivity index (χ4n) is 2.45. The van der Waals surface area contributed by atoms with Gasteiger partial charge in [0.2, 0.25) is 0 Å². The van der Waals surface area contributed by atoms with Crippen LogP contribution in [0.3, 0.4) is 0 Å². The second-order valence-corrected chi connectivity index (χ2v) is 4.92. The minimum Gasteiger partial charge on any atom is -0.399 e. The molecule has 0 unspecified atom stereocenters. The molecule has 3 rings (SSSR count). The number of hydrogen-bond acceptors (Lipinski definition) is 2. The molecule has 2 N–H and O–H groups in total. The van der Waals surface area contributed by atoms with Gasteiger partial charge in [0.05, 0.1) is 16.7 Å². The number of nitrogens with zero attached hydrogens (tertiary/aromatic N) is 2. The molecule has 0 atom stereocenters. The monoisotopic (exact) mass is 269 g/mol. The highest BCUT2D eigenvalue weighted by atomic mass is 19.1. The first kappa shape index (κ1) is 12.7. The lowest BCUT2D eigenvalue weighted by atomic mass is 10.2. The number of imidazole rings is 1. The third kappa shape index (κ3) is 1.93. The lowest BCUT2D eigenvalue weighted by Crippen LogP contribution is -2.03. The number of fused-ring (bicyclic) bond motifs is 1. The predicted molar refractivity (Wildman–Crippen MR) is 79.6 cm³/mol. The van der Waals surface area contributed by atoms with Crippen LogP contribution in [-0.2, 0) is 6.42 Å². The molecule has 1 aromatic heterocycles. The van der Waals surface area contributed by atoms with Crippen LogP contribution in [0.5, 0.6) is 0 Å². The summed E-state index contributed by atoms with van der Waals surface area (Å²) in [6.07, 6.45) is 0.724. The van der Waals surface area contributed by atoms with E-state index in [-0.39, 0.29) is 5.82 Å². The molecule has 4 heteroatoms. The van der Waals surface area contributed by atoms with Crippen LogP contribution < -0.4 is 5.73 Å². The lowest BCUT2D eigenvalue weighted by molar-refractivity contribution is 0.615. The Morgan fingerprint density at radius 2 is 2.00 bits per heavy atom. The highest BCUT2D eigenvalue weighted by Crippen LogP contribution is 2.25. The minimum absolute atomic E-state index is 0.240. The van der Waals surface area contributed by atoms with E-state index < -0.39 is 0 Å². The second kappa shape index (κ2) is 4.63. The molecule has 20 heavy (non-hydrogen) atoms. The Morgan fingerprint density at radius 1 is 1.20 bits per heavy atom. The molecule has 0 saturated heterocycles. The zero-order chi connectivity index (χ0) is 14.3. The van der Waals surface area contributed by atoms with Gasteiger partial charge in [-0.05, 0) is 42.8 Å². The molecular weight excluding hydrogens is 253 g/mol. The van der Waals surface area contributed by atoms with Gasteiger partial charge in [-0.1, -0.05) is 13.0 Å². The van der Waals surface area contributed by atoms with Crippen LogP contribution >= 0.6 is 0 Å². The van der Waals surface area contributed by atoms with Crippen molar-refractivity contribution in [2.75, 3.05) is 5.73 Å². The van der Waals surface area contributed by atoms with Crippen LogP contribution in [0.25, 0.3) is 16.7 Å². The SMILES string of the molecule is CCc1nc2cc(N)ccc2n1-c1ccc(C)cc1F. The lowest BCUT2D eigenvalue weighted by Gasteiger charge is -2.10. The maximum atomic E-state index is 14.3. The second-order valence-electron chi connectivity index (χ2n) is 4.92. The number of rotatable bonds is 2. The topological polar surface area (TPSA) is 43.8 Å². The van der Waals surface area contributed by atoms with E-state index in [9.17, 15) is 4.39 Å². The first-order chi connectivity index (χ1) is 9.60. The van der Waals surface area contributed by atoms with Crippen LogP contribution in [0.4, 0.5) is 10.1 Å². The molecule has 0 aliphatic carbocycles. The third-order valence-electron chi connectivity index (χ3n) is 3.41. The maximum Gasteiger partial charge on any atom is 0.147 e. The van der Waals surface area contributed by atoms with Gasteiger partial charge in [-0.3, -0.25) is 4.57 Å². The van der Waals surface area contributed by atoms with E-state index >= 15 is 0 Å². The maximum absolute atomic E-state index is 14.3.